The van der Waals surface area contributed by atoms with Crippen LogP contribution in [0.5, 0.6) is 0 Å². The highest BCUT2D eigenvalue weighted by Crippen LogP contribution is 2.53. The summed E-state index contributed by atoms with van der Waals surface area (Å²) in [6, 6.07) is 0. The zero-order valence-electron chi connectivity index (χ0n) is 7.84. The van der Waals surface area contributed by atoms with E-state index < -0.39 is 0 Å². The van der Waals surface area contributed by atoms with Crippen molar-refractivity contribution in [1.82, 2.24) is 0 Å². The van der Waals surface area contributed by atoms with Crippen LogP contribution in [-0.4, -0.2) is 11.7 Å². The minimum Gasteiger partial charge on any atom is -0.396 e. The van der Waals surface area contributed by atoms with E-state index in [0.717, 1.165) is 18.3 Å². The van der Waals surface area contributed by atoms with Gasteiger partial charge >= 0.3 is 0 Å². The Morgan fingerprint density at radius 1 is 1.50 bits per heavy atom. The second-order valence-corrected chi connectivity index (χ2v) is 4.28. The van der Waals surface area contributed by atoms with Crippen molar-refractivity contribution in [1.29, 1.82) is 0 Å². The van der Waals surface area contributed by atoms with E-state index in [0.29, 0.717) is 6.61 Å². The Morgan fingerprint density at radius 3 is 3.08 bits per heavy atom. The molecule has 2 rings (SSSR count). The Kier molecular flexibility index (Phi) is 2.22. The lowest BCUT2D eigenvalue weighted by molar-refractivity contribution is 0.261. The molecule has 1 saturated carbocycles. The van der Waals surface area contributed by atoms with E-state index >= 15 is 0 Å². The molecule has 0 saturated heterocycles. The molecule has 0 aromatic carbocycles. The Balaban J connectivity index is 1.88. The van der Waals surface area contributed by atoms with Gasteiger partial charge in [0.15, 0.2) is 0 Å². The van der Waals surface area contributed by atoms with Gasteiger partial charge < -0.3 is 5.11 Å². The van der Waals surface area contributed by atoms with Crippen LogP contribution in [0.3, 0.4) is 0 Å². The van der Waals surface area contributed by atoms with Crippen LogP contribution in [0.15, 0.2) is 11.1 Å². The SMILES string of the molecule is CC1=C2CC2C(CCCO)CC1. The van der Waals surface area contributed by atoms with Crippen molar-refractivity contribution in [3.05, 3.63) is 11.1 Å². The third-order valence-corrected chi connectivity index (χ3v) is 3.47. The summed E-state index contributed by atoms with van der Waals surface area (Å²) in [5.74, 6) is 1.85. The summed E-state index contributed by atoms with van der Waals surface area (Å²) < 4.78 is 0. The molecule has 68 valence electrons. The first-order chi connectivity index (χ1) is 5.83. The average molecular weight is 166 g/mol. The summed E-state index contributed by atoms with van der Waals surface area (Å²) in [6.07, 6.45) is 6.33. The minimum atomic E-state index is 0.376. The lowest BCUT2D eigenvalue weighted by atomic mass is 9.87. The molecule has 0 radical (unpaired) electrons. The molecule has 0 amide bonds. The third kappa shape index (κ3) is 1.42. The van der Waals surface area contributed by atoms with Crippen LogP contribution in [0, 0.1) is 11.8 Å². The molecule has 1 heteroatoms. The molecule has 0 aliphatic heterocycles. The first-order valence-corrected chi connectivity index (χ1v) is 5.12. The number of allylic oxidation sites excluding steroid dienone is 2. The topological polar surface area (TPSA) is 20.2 Å². The molecule has 1 fully saturated rings. The van der Waals surface area contributed by atoms with E-state index in [-0.39, 0.29) is 0 Å². The van der Waals surface area contributed by atoms with Crippen LogP contribution in [0.25, 0.3) is 0 Å². The van der Waals surface area contributed by atoms with Crippen LogP contribution in [-0.2, 0) is 0 Å². The molecule has 2 atom stereocenters. The van der Waals surface area contributed by atoms with E-state index in [9.17, 15) is 0 Å². The molecule has 0 bridgehead atoms. The van der Waals surface area contributed by atoms with Crippen molar-refractivity contribution < 1.29 is 5.11 Å². The number of aliphatic hydroxyl groups is 1. The molecule has 0 spiro atoms. The van der Waals surface area contributed by atoms with E-state index in [2.05, 4.69) is 6.92 Å². The molecular formula is C11H18O. The normalized spacial score (nSPS) is 33.5. The van der Waals surface area contributed by atoms with Gasteiger partial charge in [-0.05, 0) is 50.9 Å². The standard InChI is InChI=1S/C11H18O/c1-8-4-5-9(3-2-6-12)11-7-10(8)11/h9,11-12H,2-7H2,1H3. The van der Waals surface area contributed by atoms with Gasteiger partial charge in [-0.3, -0.25) is 0 Å². The van der Waals surface area contributed by atoms with Crippen molar-refractivity contribution in [3.63, 3.8) is 0 Å². The minimum absolute atomic E-state index is 0.376. The maximum absolute atomic E-state index is 8.74. The molecular weight excluding hydrogens is 148 g/mol. The summed E-state index contributed by atoms with van der Waals surface area (Å²) in [5, 5.41) is 8.74. The van der Waals surface area contributed by atoms with Crippen LogP contribution >= 0.6 is 0 Å². The van der Waals surface area contributed by atoms with Gasteiger partial charge in [0, 0.05) is 6.61 Å². The van der Waals surface area contributed by atoms with Crippen LogP contribution in [0.1, 0.15) is 39.0 Å². The molecule has 2 aliphatic rings. The van der Waals surface area contributed by atoms with Gasteiger partial charge in [0.1, 0.15) is 0 Å². The number of hydrogen-bond acceptors (Lipinski definition) is 1. The predicted molar refractivity (Wildman–Crippen MR) is 49.9 cm³/mol. The Hall–Kier alpha value is -0.300. The highest BCUT2D eigenvalue weighted by atomic mass is 16.2. The maximum atomic E-state index is 8.74. The van der Waals surface area contributed by atoms with Crippen LogP contribution < -0.4 is 0 Å². The quantitative estimate of drug-likeness (QED) is 0.639. The molecule has 1 nitrogen and oxygen atoms in total. The Bertz CT molecular complexity index is 205. The van der Waals surface area contributed by atoms with Gasteiger partial charge in [0.05, 0.1) is 0 Å². The molecule has 12 heavy (non-hydrogen) atoms. The summed E-state index contributed by atoms with van der Waals surface area (Å²) >= 11 is 0. The largest absolute Gasteiger partial charge is 0.396 e. The molecule has 2 aliphatic carbocycles. The van der Waals surface area contributed by atoms with Gasteiger partial charge in [0.25, 0.3) is 0 Å². The first-order valence-electron chi connectivity index (χ1n) is 5.12. The summed E-state index contributed by atoms with van der Waals surface area (Å²) in [5.41, 5.74) is 3.42. The fourth-order valence-electron chi connectivity index (χ4n) is 2.58. The third-order valence-electron chi connectivity index (χ3n) is 3.47. The number of rotatable bonds is 3. The summed E-state index contributed by atoms with van der Waals surface area (Å²) in [4.78, 5) is 0. The summed E-state index contributed by atoms with van der Waals surface area (Å²) in [6.45, 7) is 2.67. The zero-order chi connectivity index (χ0) is 8.55. The second kappa shape index (κ2) is 3.21. The number of hydrogen-bond donors (Lipinski definition) is 1. The van der Waals surface area contributed by atoms with Crippen molar-refractivity contribution in [2.75, 3.05) is 6.61 Å². The molecule has 2 unspecified atom stereocenters. The van der Waals surface area contributed by atoms with Crippen molar-refractivity contribution >= 4 is 0 Å². The van der Waals surface area contributed by atoms with Crippen molar-refractivity contribution in [2.45, 2.75) is 39.0 Å². The Morgan fingerprint density at radius 2 is 2.33 bits per heavy atom. The van der Waals surface area contributed by atoms with Crippen molar-refractivity contribution in [2.24, 2.45) is 11.8 Å². The highest BCUT2D eigenvalue weighted by molar-refractivity contribution is 5.32. The van der Waals surface area contributed by atoms with Gasteiger partial charge in [-0.2, -0.15) is 0 Å². The van der Waals surface area contributed by atoms with Gasteiger partial charge in [-0.15, -0.1) is 0 Å². The zero-order valence-corrected chi connectivity index (χ0v) is 7.84. The van der Waals surface area contributed by atoms with Crippen LogP contribution in [0.4, 0.5) is 0 Å². The number of aliphatic hydroxyl groups excluding tert-OH is 1. The second-order valence-electron chi connectivity index (χ2n) is 4.28. The predicted octanol–water partition coefficient (Wildman–Crippen LogP) is 2.51. The monoisotopic (exact) mass is 166 g/mol. The fourth-order valence-corrected chi connectivity index (χ4v) is 2.58. The summed E-state index contributed by atoms with van der Waals surface area (Å²) in [7, 11) is 0. The fraction of sp³-hybridized carbons (Fsp3) is 0.818. The molecule has 0 heterocycles. The lowest BCUT2D eigenvalue weighted by Crippen LogP contribution is -2.08. The highest BCUT2D eigenvalue weighted by Gasteiger charge is 2.40. The lowest BCUT2D eigenvalue weighted by Gasteiger charge is -2.19. The van der Waals surface area contributed by atoms with Gasteiger partial charge in [-0.1, -0.05) is 11.1 Å². The van der Waals surface area contributed by atoms with E-state index in [1.165, 1.54) is 25.7 Å². The van der Waals surface area contributed by atoms with Crippen LogP contribution in [0.2, 0.25) is 0 Å². The van der Waals surface area contributed by atoms with Gasteiger partial charge in [-0.25, -0.2) is 0 Å². The smallest absolute Gasteiger partial charge is 0.0431 e. The maximum Gasteiger partial charge on any atom is 0.0431 e. The molecule has 0 aromatic heterocycles. The number of fused-ring (bicyclic) bond motifs is 1. The van der Waals surface area contributed by atoms with Gasteiger partial charge in [0.2, 0.25) is 0 Å². The van der Waals surface area contributed by atoms with E-state index in [1.807, 2.05) is 0 Å². The van der Waals surface area contributed by atoms with E-state index in [1.54, 1.807) is 11.1 Å². The van der Waals surface area contributed by atoms with E-state index in [4.69, 9.17) is 5.11 Å². The average Bonchev–Trinajstić information content (AvgIpc) is 2.83. The molecule has 1 N–H and O–H groups in total. The first kappa shape index (κ1) is 8.31. The van der Waals surface area contributed by atoms with Crippen molar-refractivity contribution in [3.8, 4) is 0 Å². The molecule has 0 aromatic rings. The Labute approximate surface area is 74.5 Å².